The van der Waals surface area contributed by atoms with Gasteiger partial charge in [0.2, 0.25) is 11.6 Å². The number of aliphatic hydroxyl groups is 1. The van der Waals surface area contributed by atoms with Crippen molar-refractivity contribution in [3.63, 3.8) is 0 Å². The van der Waals surface area contributed by atoms with Crippen molar-refractivity contribution in [2.24, 2.45) is 0 Å². The zero-order valence-corrected chi connectivity index (χ0v) is 7.10. The van der Waals surface area contributed by atoms with E-state index < -0.39 is 4.92 Å². The lowest BCUT2D eigenvalue weighted by Gasteiger charge is -2.00. The fourth-order valence-corrected chi connectivity index (χ4v) is 1.08. The molecular formula is C6H10N4O3. The normalized spacial score (nSPS) is 10.3. The van der Waals surface area contributed by atoms with Crippen LogP contribution in [-0.2, 0) is 6.54 Å². The van der Waals surface area contributed by atoms with E-state index in [2.05, 4.69) is 4.98 Å². The summed E-state index contributed by atoms with van der Waals surface area (Å²) >= 11 is 0. The Labute approximate surface area is 74.0 Å². The molecule has 1 heterocycles. The quantitative estimate of drug-likeness (QED) is 0.496. The highest BCUT2D eigenvalue weighted by atomic mass is 16.6. The number of aryl methyl sites for hydroxylation is 1. The maximum atomic E-state index is 10.4. The van der Waals surface area contributed by atoms with Crippen LogP contribution in [-0.4, -0.2) is 26.2 Å². The molecule has 72 valence electrons. The average molecular weight is 186 g/mol. The summed E-state index contributed by atoms with van der Waals surface area (Å²) in [6, 6.07) is 0. The number of aliphatic hydroxyl groups excluding tert-OH is 1. The van der Waals surface area contributed by atoms with Gasteiger partial charge in [0, 0.05) is 6.92 Å². The molecule has 0 aliphatic heterocycles. The molecule has 13 heavy (non-hydrogen) atoms. The Kier molecular flexibility index (Phi) is 2.47. The minimum absolute atomic E-state index is 0.0171. The molecule has 0 spiro atoms. The summed E-state index contributed by atoms with van der Waals surface area (Å²) in [7, 11) is 0. The van der Waals surface area contributed by atoms with Crippen molar-refractivity contribution in [3.05, 3.63) is 15.9 Å². The first kappa shape index (κ1) is 9.46. The number of nitrogens with two attached hydrogens (primary N) is 1. The van der Waals surface area contributed by atoms with Crippen LogP contribution in [0, 0.1) is 17.0 Å². The number of nitrogen functional groups attached to an aromatic ring is 1. The lowest BCUT2D eigenvalue weighted by Crippen LogP contribution is -2.08. The van der Waals surface area contributed by atoms with Crippen molar-refractivity contribution < 1.29 is 10.0 Å². The summed E-state index contributed by atoms with van der Waals surface area (Å²) in [5, 5.41) is 19.0. The van der Waals surface area contributed by atoms with Gasteiger partial charge in [0.1, 0.15) is 0 Å². The molecule has 3 N–H and O–H groups in total. The summed E-state index contributed by atoms with van der Waals surface area (Å²) in [5.41, 5.74) is 5.44. The number of nitro groups is 1. The number of imidazole rings is 1. The molecule has 7 heteroatoms. The molecule has 1 rings (SSSR count). The largest absolute Gasteiger partial charge is 0.406 e. The summed E-state index contributed by atoms with van der Waals surface area (Å²) in [5.74, 6) is 0.0563. The number of anilines is 1. The standard InChI is InChI=1S/C6H10N4O3/c1-4-8-6(10(12)13)5(7)9(4)2-3-11/h11H,2-3,7H2,1H3. The minimum atomic E-state index is -0.643. The lowest BCUT2D eigenvalue weighted by molar-refractivity contribution is -0.388. The minimum Gasteiger partial charge on any atom is -0.395 e. The highest BCUT2D eigenvalue weighted by molar-refractivity contribution is 5.49. The summed E-state index contributed by atoms with van der Waals surface area (Å²) < 4.78 is 1.40. The highest BCUT2D eigenvalue weighted by Gasteiger charge is 2.22. The van der Waals surface area contributed by atoms with Crippen LogP contribution in [0.4, 0.5) is 11.6 Å². The van der Waals surface area contributed by atoms with E-state index in [9.17, 15) is 10.1 Å². The molecule has 0 amide bonds. The van der Waals surface area contributed by atoms with Crippen LogP contribution in [0.2, 0.25) is 0 Å². The highest BCUT2D eigenvalue weighted by Crippen LogP contribution is 2.20. The van der Waals surface area contributed by atoms with Crippen LogP contribution in [0.3, 0.4) is 0 Å². The second-order valence-corrected chi connectivity index (χ2v) is 2.50. The van der Waals surface area contributed by atoms with Crippen molar-refractivity contribution in [1.29, 1.82) is 0 Å². The Balaban J connectivity index is 3.14. The molecule has 0 saturated heterocycles. The molecule has 0 aliphatic carbocycles. The van der Waals surface area contributed by atoms with E-state index >= 15 is 0 Å². The molecule has 0 bridgehead atoms. The van der Waals surface area contributed by atoms with Crippen LogP contribution in [0.15, 0.2) is 0 Å². The topological polar surface area (TPSA) is 107 Å². The van der Waals surface area contributed by atoms with E-state index in [1.54, 1.807) is 6.92 Å². The Bertz CT molecular complexity index is 333. The second kappa shape index (κ2) is 3.40. The lowest BCUT2D eigenvalue weighted by atomic mass is 10.6. The predicted molar refractivity (Wildman–Crippen MR) is 45.1 cm³/mol. The van der Waals surface area contributed by atoms with Gasteiger partial charge in [0.05, 0.1) is 13.2 Å². The Morgan fingerprint density at radius 2 is 2.38 bits per heavy atom. The van der Waals surface area contributed by atoms with Crippen LogP contribution < -0.4 is 5.73 Å². The van der Waals surface area contributed by atoms with Crippen molar-refractivity contribution >= 4 is 11.6 Å². The smallest absolute Gasteiger partial charge is 0.395 e. The van der Waals surface area contributed by atoms with E-state index in [0.717, 1.165) is 0 Å². The Morgan fingerprint density at radius 1 is 1.77 bits per heavy atom. The van der Waals surface area contributed by atoms with Gasteiger partial charge in [-0.15, -0.1) is 0 Å². The molecule has 0 unspecified atom stereocenters. The number of aromatic nitrogens is 2. The SMILES string of the molecule is Cc1nc([N+](=O)[O-])c(N)n1CCO. The molecule has 0 saturated carbocycles. The van der Waals surface area contributed by atoms with Gasteiger partial charge in [-0.3, -0.25) is 4.57 Å². The number of nitrogens with zero attached hydrogens (tertiary/aromatic N) is 3. The first-order valence-electron chi connectivity index (χ1n) is 3.65. The first-order chi connectivity index (χ1) is 6.07. The molecule has 0 aliphatic rings. The van der Waals surface area contributed by atoms with E-state index in [1.807, 2.05) is 0 Å². The summed E-state index contributed by atoms with van der Waals surface area (Å²) in [6.07, 6.45) is 0. The average Bonchev–Trinajstić information content (AvgIpc) is 2.32. The van der Waals surface area contributed by atoms with Crippen molar-refractivity contribution in [3.8, 4) is 0 Å². The Hall–Kier alpha value is -1.63. The monoisotopic (exact) mass is 186 g/mol. The van der Waals surface area contributed by atoms with E-state index in [4.69, 9.17) is 10.8 Å². The Morgan fingerprint density at radius 3 is 2.77 bits per heavy atom. The van der Waals surface area contributed by atoms with Crippen molar-refractivity contribution in [2.45, 2.75) is 13.5 Å². The third-order valence-electron chi connectivity index (χ3n) is 1.67. The fourth-order valence-electron chi connectivity index (χ4n) is 1.08. The maximum Gasteiger partial charge on any atom is 0.406 e. The molecular weight excluding hydrogens is 176 g/mol. The van der Waals surface area contributed by atoms with E-state index in [0.29, 0.717) is 5.82 Å². The third kappa shape index (κ3) is 1.59. The maximum absolute atomic E-state index is 10.4. The molecule has 0 radical (unpaired) electrons. The van der Waals surface area contributed by atoms with E-state index in [-0.39, 0.29) is 24.8 Å². The van der Waals surface area contributed by atoms with Gasteiger partial charge >= 0.3 is 5.82 Å². The molecule has 7 nitrogen and oxygen atoms in total. The van der Waals surface area contributed by atoms with Crippen molar-refractivity contribution in [1.82, 2.24) is 9.55 Å². The summed E-state index contributed by atoms with van der Waals surface area (Å²) in [4.78, 5) is 13.4. The van der Waals surface area contributed by atoms with Crippen LogP contribution in [0.25, 0.3) is 0 Å². The molecule has 0 aromatic carbocycles. The van der Waals surface area contributed by atoms with Gasteiger partial charge < -0.3 is 21.0 Å². The zero-order chi connectivity index (χ0) is 10.0. The van der Waals surface area contributed by atoms with Crippen LogP contribution >= 0.6 is 0 Å². The molecule has 1 aromatic rings. The van der Waals surface area contributed by atoms with Crippen LogP contribution in [0.1, 0.15) is 5.82 Å². The van der Waals surface area contributed by atoms with Gasteiger partial charge in [-0.25, -0.2) is 0 Å². The van der Waals surface area contributed by atoms with Gasteiger partial charge in [-0.1, -0.05) is 0 Å². The van der Waals surface area contributed by atoms with Gasteiger partial charge in [0.25, 0.3) is 0 Å². The van der Waals surface area contributed by atoms with Crippen molar-refractivity contribution in [2.75, 3.05) is 12.3 Å². The van der Waals surface area contributed by atoms with Gasteiger partial charge in [-0.05, 0) is 9.91 Å². The number of hydrogen-bond acceptors (Lipinski definition) is 5. The molecule has 0 atom stereocenters. The summed E-state index contributed by atoms with van der Waals surface area (Å²) in [6.45, 7) is 1.69. The fraction of sp³-hybridized carbons (Fsp3) is 0.500. The number of hydrogen-bond donors (Lipinski definition) is 2. The predicted octanol–water partition coefficient (Wildman–Crippen LogP) is -0.326. The second-order valence-electron chi connectivity index (χ2n) is 2.50. The van der Waals surface area contributed by atoms with Gasteiger partial charge in [-0.2, -0.15) is 0 Å². The molecule has 0 fully saturated rings. The molecule has 1 aromatic heterocycles. The number of rotatable bonds is 3. The zero-order valence-electron chi connectivity index (χ0n) is 7.10. The first-order valence-corrected chi connectivity index (χ1v) is 3.65. The third-order valence-corrected chi connectivity index (χ3v) is 1.67. The van der Waals surface area contributed by atoms with Crippen LogP contribution in [0.5, 0.6) is 0 Å². The van der Waals surface area contributed by atoms with Gasteiger partial charge in [0.15, 0.2) is 0 Å². The van der Waals surface area contributed by atoms with E-state index in [1.165, 1.54) is 4.57 Å².